The summed E-state index contributed by atoms with van der Waals surface area (Å²) in [4.78, 5) is 0. The van der Waals surface area contributed by atoms with Crippen molar-refractivity contribution in [3.05, 3.63) is 71.8 Å². The predicted molar refractivity (Wildman–Crippen MR) is 169 cm³/mol. The lowest BCUT2D eigenvalue weighted by molar-refractivity contribution is 0.933. The highest BCUT2D eigenvalue weighted by atomic mass is 32.2. The first-order chi connectivity index (χ1) is 16.3. The zero-order chi connectivity index (χ0) is 24.1. The topological polar surface area (TPSA) is 0 Å². The second kappa shape index (κ2) is 11.8. The van der Waals surface area contributed by atoms with Crippen LogP contribution in [0.15, 0.2) is 60.7 Å². The molecule has 2 saturated heterocycles. The largest absolute Gasteiger partial charge is 0.147 e. The third kappa shape index (κ3) is 6.21. The minimum absolute atomic E-state index is 0.427. The number of benzene rings is 2. The molecule has 2 aliphatic heterocycles. The third-order valence-electron chi connectivity index (χ3n) is 7.91. The molecular weight excluding hydrogens is 521 g/mol. The van der Waals surface area contributed by atoms with Crippen molar-refractivity contribution in [2.24, 2.45) is 0 Å². The molecule has 0 N–H and O–H groups in total. The van der Waals surface area contributed by atoms with E-state index in [1.54, 1.807) is 11.1 Å². The summed E-state index contributed by atoms with van der Waals surface area (Å²) in [6.45, 7) is 10.9. The van der Waals surface area contributed by atoms with E-state index in [1.807, 2.05) is 0 Å². The van der Waals surface area contributed by atoms with Crippen LogP contribution in [-0.2, 0) is 12.8 Å². The van der Waals surface area contributed by atoms with Gasteiger partial charge in [-0.25, -0.2) is 0 Å². The molecule has 34 heavy (non-hydrogen) atoms. The minimum Gasteiger partial charge on any atom is -0.147 e. The molecule has 2 aromatic rings. The van der Waals surface area contributed by atoms with Gasteiger partial charge in [0.2, 0.25) is 0 Å². The molecule has 0 bridgehead atoms. The molecule has 2 aliphatic rings. The van der Waals surface area contributed by atoms with Crippen LogP contribution >= 0.6 is 47.0 Å². The monoisotopic (exact) mass is 562 g/mol. The molecule has 0 spiro atoms. The summed E-state index contributed by atoms with van der Waals surface area (Å²) in [6.07, 6.45) is 5.26. The standard InChI is InChI=1S/C28H42S4Si2/c1-33(2,27(29-17-11-18-30-27)23-25-13-7-5-8-14-25)21-22-34(3,4)28(31-19-12-20-32-28)24-26-15-9-6-10-16-26/h5-10,13-16H,11-12,17-24H2,1-4H3. The Morgan fingerprint density at radius 2 is 0.882 bits per heavy atom. The Bertz CT molecular complexity index is 814. The lowest BCUT2D eigenvalue weighted by atomic mass is 10.2. The highest BCUT2D eigenvalue weighted by Gasteiger charge is 2.52. The summed E-state index contributed by atoms with van der Waals surface area (Å²) in [5, 5.41) is 0. The fraction of sp³-hybridized carbons (Fsp3) is 0.571. The summed E-state index contributed by atoms with van der Waals surface area (Å²) in [6, 6.07) is 25.7. The van der Waals surface area contributed by atoms with Gasteiger partial charge in [0, 0.05) is 0 Å². The van der Waals surface area contributed by atoms with E-state index in [0.717, 1.165) is 0 Å². The van der Waals surface area contributed by atoms with Crippen molar-refractivity contribution in [3.63, 3.8) is 0 Å². The maximum atomic E-state index is 2.73. The minimum atomic E-state index is -1.49. The van der Waals surface area contributed by atoms with Gasteiger partial charge in [0.15, 0.2) is 0 Å². The SMILES string of the molecule is C[Si](C)(CC[Si](C)(C)C1(Cc2ccccc2)SCCCS1)C1(Cc2ccccc2)SCCCS1. The van der Waals surface area contributed by atoms with Crippen LogP contribution in [0.3, 0.4) is 0 Å². The summed E-state index contributed by atoms with van der Waals surface area (Å²) in [5.74, 6) is 5.39. The highest BCUT2D eigenvalue weighted by molar-refractivity contribution is 8.21. The Morgan fingerprint density at radius 1 is 0.559 bits per heavy atom. The van der Waals surface area contributed by atoms with E-state index in [-0.39, 0.29) is 0 Å². The van der Waals surface area contributed by atoms with Gasteiger partial charge in [-0.05, 0) is 59.8 Å². The molecular formula is C28H42S4Si2. The van der Waals surface area contributed by atoms with E-state index in [9.17, 15) is 0 Å². The summed E-state index contributed by atoms with van der Waals surface area (Å²) >= 11 is 9.32. The van der Waals surface area contributed by atoms with Crippen molar-refractivity contribution in [2.75, 3.05) is 23.0 Å². The molecule has 0 aliphatic carbocycles. The molecule has 0 unspecified atom stereocenters. The molecule has 2 heterocycles. The van der Waals surface area contributed by atoms with Gasteiger partial charge in [-0.2, -0.15) is 0 Å². The van der Waals surface area contributed by atoms with Gasteiger partial charge >= 0.3 is 0 Å². The first-order valence-corrected chi connectivity index (χ1v) is 23.3. The lowest BCUT2D eigenvalue weighted by Crippen LogP contribution is -2.57. The molecule has 6 heteroatoms. The molecule has 0 amide bonds. The van der Waals surface area contributed by atoms with Gasteiger partial charge in [0.1, 0.15) is 0 Å². The van der Waals surface area contributed by atoms with Crippen LogP contribution in [0.1, 0.15) is 24.0 Å². The number of hydrogen-bond acceptors (Lipinski definition) is 4. The Labute approximate surface area is 228 Å². The number of hydrogen-bond donors (Lipinski definition) is 0. The number of rotatable bonds is 9. The second-order valence-corrected chi connectivity index (χ2v) is 29.0. The first kappa shape index (κ1) is 27.3. The van der Waals surface area contributed by atoms with Crippen LogP contribution in [0.4, 0.5) is 0 Å². The zero-order valence-corrected chi connectivity index (χ0v) is 26.7. The number of thioether (sulfide) groups is 4. The quantitative estimate of drug-likeness (QED) is 0.279. The van der Waals surface area contributed by atoms with Crippen molar-refractivity contribution < 1.29 is 0 Å². The molecule has 2 fully saturated rings. The van der Waals surface area contributed by atoms with Gasteiger partial charge in [-0.15, -0.1) is 47.0 Å². The third-order valence-corrected chi connectivity index (χ3v) is 30.1. The van der Waals surface area contributed by atoms with Crippen LogP contribution in [0.5, 0.6) is 0 Å². The normalized spacial score (nSPS) is 20.7. The molecule has 4 rings (SSSR count). The molecule has 0 aromatic heterocycles. The van der Waals surface area contributed by atoms with E-state index < -0.39 is 16.1 Å². The van der Waals surface area contributed by atoms with E-state index in [2.05, 4.69) is 134 Å². The molecule has 0 saturated carbocycles. The fourth-order valence-electron chi connectivity index (χ4n) is 5.35. The Morgan fingerprint density at radius 3 is 1.21 bits per heavy atom. The van der Waals surface area contributed by atoms with Gasteiger partial charge in [0.05, 0.1) is 23.6 Å². The second-order valence-electron chi connectivity index (χ2n) is 11.2. The van der Waals surface area contributed by atoms with Crippen molar-refractivity contribution in [1.82, 2.24) is 0 Å². The average Bonchev–Trinajstić information content (AvgIpc) is 2.85. The van der Waals surface area contributed by atoms with E-state index in [0.29, 0.717) is 7.40 Å². The van der Waals surface area contributed by atoms with Crippen molar-refractivity contribution in [1.29, 1.82) is 0 Å². The fourth-order valence-corrected chi connectivity index (χ4v) is 26.8. The van der Waals surface area contributed by atoms with Crippen LogP contribution in [-0.4, -0.2) is 46.6 Å². The van der Waals surface area contributed by atoms with Crippen LogP contribution in [0.2, 0.25) is 38.3 Å². The Kier molecular flexibility index (Phi) is 9.45. The van der Waals surface area contributed by atoms with E-state index in [4.69, 9.17) is 0 Å². The first-order valence-electron chi connectivity index (χ1n) is 12.9. The summed E-state index contributed by atoms with van der Waals surface area (Å²) in [5.41, 5.74) is 3.08. The van der Waals surface area contributed by atoms with Crippen LogP contribution in [0.25, 0.3) is 0 Å². The van der Waals surface area contributed by atoms with E-state index >= 15 is 0 Å². The summed E-state index contributed by atoms with van der Waals surface area (Å²) in [7, 11) is -2.98. The zero-order valence-electron chi connectivity index (χ0n) is 21.5. The van der Waals surface area contributed by atoms with Gasteiger partial charge in [-0.1, -0.05) is 98.9 Å². The molecule has 0 nitrogen and oxygen atoms in total. The van der Waals surface area contributed by atoms with Gasteiger partial charge < -0.3 is 0 Å². The van der Waals surface area contributed by atoms with Crippen LogP contribution < -0.4 is 0 Å². The maximum absolute atomic E-state index is 2.73. The summed E-state index contributed by atoms with van der Waals surface area (Å²) < 4.78 is 0.854. The Hall–Kier alpha value is 0.274. The van der Waals surface area contributed by atoms with Gasteiger partial charge in [0.25, 0.3) is 0 Å². The molecule has 186 valence electrons. The van der Waals surface area contributed by atoms with Crippen molar-refractivity contribution in [2.45, 2.75) is 71.4 Å². The highest BCUT2D eigenvalue weighted by Crippen LogP contribution is 2.55. The van der Waals surface area contributed by atoms with Crippen LogP contribution in [0, 0.1) is 0 Å². The van der Waals surface area contributed by atoms with Crippen molar-refractivity contribution in [3.8, 4) is 0 Å². The van der Waals surface area contributed by atoms with E-state index in [1.165, 1.54) is 60.8 Å². The predicted octanol–water partition coefficient (Wildman–Crippen LogP) is 9.10. The molecule has 0 atom stereocenters. The van der Waals surface area contributed by atoms with Gasteiger partial charge in [-0.3, -0.25) is 0 Å². The van der Waals surface area contributed by atoms with Crippen molar-refractivity contribution >= 4 is 63.2 Å². The Balaban J connectivity index is 1.54. The maximum Gasteiger partial charge on any atom is 0.0784 e. The smallest absolute Gasteiger partial charge is 0.0784 e. The molecule has 2 aromatic carbocycles. The lowest BCUT2D eigenvalue weighted by Gasteiger charge is -2.51. The average molecular weight is 563 g/mol. The molecule has 0 radical (unpaired) electrons.